The molecule has 0 N–H and O–H groups in total. The molecule has 0 atom stereocenters. The lowest BCUT2D eigenvalue weighted by atomic mass is 10.1. The van der Waals surface area contributed by atoms with Gasteiger partial charge >= 0.3 is 12.1 Å². The van der Waals surface area contributed by atoms with Crippen LogP contribution in [0.4, 0.5) is 13.2 Å². The Morgan fingerprint density at radius 1 is 1.30 bits per heavy atom. The van der Waals surface area contributed by atoms with Crippen molar-refractivity contribution in [2.45, 2.75) is 19.2 Å². The molecule has 0 saturated carbocycles. The number of methoxy groups -OCH3 is 1. The van der Waals surface area contributed by atoms with Crippen LogP contribution in [0.2, 0.25) is 0 Å². The number of halogens is 3. The third-order valence-electron chi connectivity index (χ3n) is 2.70. The van der Waals surface area contributed by atoms with Crippen molar-refractivity contribution in [3.05, 3.63) is 35.7 Å². The summed E-state index contributed by atoms with van der Waals surface area (Å²) in [4.78, 5) is 11.1. The average molecular weight is 330 g/mol. The third kappa shape index (κ3) is 5.37. The van der Waals surface area contributed by atoms with Crippen molar-refractivity contribution < 1.29 is 31.9 Å². The number of carbonyl (C=O) groups excluding carboxylic acids is 1. The van der Waals surface area contributed by atoms with Crippen molar-refractivity contribution in [2.75, 3.05) is 13.7 Å². The summed E-state index contributed by atoms with van der Waals surface area (Å²) in [6.45, 7) is -1.52. The van der Waals surface area contributed by atoms with Crippen LogP contribution in [0.15, 0.2) is 28.7 Å². The second kappa shape index (κ2) is 7.23. The molecule has 9 heteroatoms. The van der Waals surface area contributed by atoms with Gasteiger partial charge in [0, 0.05) is 5.56 Å². The predicted octanol–water partition coefficient (Wildman–Crippen LogP) is 2.53. The lowest BCUT2D eigenvalue weighted by Crippen LogP contribution is -2.16. The molecule has 23 heavy (non-hydrogen) atoms. The van der Waals surface area contributed by atoms with Gasteiger partial charge in [0.2, 0.25) is 11.8 Å². The number of rotatable bonds is 6. The van der Waals surface area contributed by atoms with E-state index in [0.29, 0.717) is 11.1 Å². The minimum absolute atomic E-state index is 0.0885. The van der Waals surface area contributed by atoms with Crippen molar-refractivity contribution in [2.24, 2.45) is 0 Å². The summed E-state index contributed by atoms with van der Waals surface area (Å²) in [6, 6.07) is 6.48. The number of nitrogens with zero attached hydrogens (tertiary/aromatic N) is 2. The van der Waals surface area contributed by atoms with Crippen LogP contribution in [0.25, 0.3) is 11.5 Å². The largest absolute Gasteiger partial charge is 0.469 e. The van der Waals surface area contributed by atoms with E-state index < -0.39 is 18.8 Å². The first-order valence-electron chi connectivity index (χ1n) is 6.50. The Hall–Kier alpha value is -2.42. The van der Waals surface area contributed by atoms with E-state index in [9.17, 15) is 18.0 Å². The summed E-state index contributed by atoms with van der Waals surface area (Å²) in [5.41, 5.74) is 1.04. The molecular formula is C14H13F3N2O4. The second-order valence-corrected chi connectivity index (χ2v) is 4.56. The zero-order valence-corrected chi connectivity index (χ0v) is 12.1. The van der Waals surface area contributed by atoms with Gasteiger partial charge in [-0.2, -0.15) is 13.2 Å². The number of esters is 1. The molecule has 0 aliphatic carbocycles. The minimum Gasteiger partial charge on any atom is -0.469 e. The van der Waals surface area contributed by atoms with Crippen molar-refractivity contribution in [3.63, 3.8) is 0 Å². The van der Waals surface area contributed by atoms with E-state index in [-0.39, 0.29) is 24.8 Å². The molecule has 1 heterocycles. The molecule has 0 unspecified atom stereocenters. The summed E-state index contributed by atoms with van der Waals surface area (Å²) in [6.07, 6.45) is -4.52. The molecule has 0 aliphatic heterocycles. The Balaban J connectivity index is 2.03. The van der Waals surface area contributed by atoms with Gasteiger partial charge < -0.3 is 13.9 Å². The molecule has 2 rings (SSSR count). The van der Waals surface area contributed by atoms with E-state index in [4.69, 9.17) is 4.42 Å². The van der Waals surface area contributed by atoms with E-state index in [0.717, 1.165) is 0 Å². The molecule has 0 amide bonds. The fraction of sp³-hybridized carbons (Fsp3) is 0.357. The highest BCUT2D eigenvalue weighted by molar-refractivity contribution is 5.71. The van der Waals surface area contributed by atoms with Crippen molar-refractivity contribution in [3.8, 4) is 11.5 Å². The summed E-state index contributed by atoms with van der Waals surface area (Å²) in [5.74, 6) is -0.276. The Labute approximate surface area is 129 Å². The Morgan fingerprint density at radius 2 is 2.09 bits per heavy atom. The van der Waals surface area contributed by atoms with E-state index >= 15 is 0 Å². The van der Waals surface area contributed by atoms with Gasteiger partial charge in [-0.1, -0.05) is 12.1 Å². The molecule has 0 radical (unpaired) electrons. The fourth-order valence-corrected chi connectivity index (χ4v) is 1.72. The SMILES string of the molecule is COC(=O)Cc1nnc(-c2cccc(COCC(F)(F)F)c2)o1. The van der Waals surface area contributed by atoms with Crippen molar-refractivity contribution >= 4 is 5.97 Å². The molecule has 6 nitrogen and oxygen atoms in total. The average Bonchev–Trinajstić information content (AvgIpc) is 2.94. The standard InChI is InChI=1S/C14H13F3N2O4/c1-21-12(20)6-11-18-19-13(23-11)10-4-2-3-9(5-10)7-22-8-14(15,16)17/h2-5H,6-8H2,1H3. The van der Waals surface area contributed by atoms with Crippen LogP contribution in [0.1, 0.15) is 11.5 Å². The minimum atomic E-state index is -4.37. The molecule has 0 fully saturated rings. The first-order chi connectivity index (χ1) is 10.9. The molecule has 0 aliphatic rings. The highest BCUT2D eigenvalue weighted by Crippen LogP contribution is 2.21. The Bertz CT molecular complexity index is 670. The number of carbonyl (C=O) groups is 1. The predicted molar refractivity (Wildman–Crippen MR) is 71.2 cm³/mol. The van der Waals surface area contributed by atoms with Gasteiger partial charge in [-0.25, -0.2) is 0 Å². The molecule has 2 aromatic rings. The third-order valence-corrected chi connectivity index (χ3v) is 2.70. The second-order valence-electron chi connectivity index (χ2n) is 4.56. The molecule has 1 aromatic carbocycles. The Morgan fingerprint density at radius 3 is 2.78 bits per heavy atom. The van der Waals surface area contributed by atoms with Crippen molar-refractivity contribution in [1.82, 2.24) is 10.2 Å². The highest BCUT2D eigenvalue weighted by Gasteiger charge is 2.27. The van der Waals surface area contributed by atoms with Gasteiger partial charge in [-0.05, 0) is 17.7 Å². The first kappa shape index (κ1) is 16.9. The molecule has 124 valence electrons. The maximum atomic E-state index is 12.0. The number of benzene rings is 1. The van der Waals surface area contributed by atoms with Crippen LogP contribution < -0.4 is 0 Å². The van der Waals surface area contributed by atoms with Gasteiger partial charge in [0.25, 0.3) is 0 Å². The maximum absolute atomic E-state index is 12.0. The molecule has 0 saturated heterocycles. The fourth-order valence-electron chi connectivity index (χ4n) is 1.72. The van der Waals surface area contributed by atoms with Crippen LogP contribution in [0.5, 0.6) is 0 Å². The van der Waals surface area contributed by atoms with Crippen LogP contribution in [-0.4, -0.2) is 36.1 Å². The monoisotopic (exact) mass is 330 g/mol. The van der Waals surface area contributed by atoms with Crippen LogP contribution in [-0.2, 0) is 27.3 Å². The lowest BCUT2D eigenvalue weighted by Gasteiger charge is -2.08. The normalized spacial score (nSPS) is 11.5. The molecular weight excluding hydrogens is 317 g/mol. The highest BCUT2D eigenvalue weighted by atomic mass is 19.4. The lowest BCUT2D eigenvalue weighted by molar-refractivity contribution is -0.176. The van der Waals surface area contributed by atoms with Crippen molar-refractivity contribution in [1.29, 1.82) is 0 Å². The smallest absolute Gasteiger partial charge is 0.411 e. The zero-order chi connectivity index (χ0) is 16.9. The van der Waals surface area contributed by atoms with Crippen LogP contribution >= 0.6 is 0 Å². The van der Waals surface area contributed by atoms with E-state index in [1.54, 1.807) is 24.3 Å². The molecule has 0 bridgehead atoms. The zero-order valence-electron chi connectivity index (χ0n) is 12.1. The van der Waals surface area contributed by atoms with Gasteiger partial charge in [-0.15, -0.1) is 10.2 Å². The van der Waals surface area contributed by atoms with Gasteiger partial charge in [0.15, 0.2) is 0 Å². The molecule has 1 aromatic heterocycles. The summed E-state index contributed by atoms with van der Waals surface area (Å²) >= 11 is 0. The van der Waals surface area contributed by atoms with Gasteiger partial charge in [0.1, 0.15) is 13.0 Å². The number of alkyl halides is 3. The number of aromatic nitrogens is 2. The summed E-state index contributed by atoms with van der Waals surface area (Å²) in [5, 5.41) is 7.50. The van der Waals surface area contributed by atoms with E-state index in [1.807, 2.05) is 0 Å². The van der Waals surface area contributed by atoms with Gasteiger partial charge in [0.05, 0.1) is 13.7 Å². The Kier molecular flexibility index (Phi) is 5.32. The number of ether oxygens (including phenoxy) is 2. The van der Waals surface area contributed by atoms with E-state index in [1.165, 1.54) is 7.11 Å². The van der Waals surface area contributed by atoms with Crippen LogP contribution in [0, 0.1) is 0 Å². The van der Waals surface area contributed by atoms with Crippen LogP contribution in [0.3, 0.4) is 0 Å². The molecule has 0 spiro atoms. The summed E-state index contributed by atoms with van der Waals surface area (Å²) in [7, 11) is 1.24. The first-order valence-corrected chi connectivity index (χ1v) is 6.50. The summed E-state index contributed by atoms with van der Waals surface area (Å²) < 4.78 is 50.5. The number of hydrogen-bond acceptors (Lipinski definition) is 6. The quantitative estimate of drug-likeness (QED) is 0.758. The number of hydrogen-bond donors (Lipinski definition) is 0. The van der Waals surface area contributed by atoms with Gasteiger partial charge in [-0.3, -0.25) is 4.79 Å². The van der Waals surface area contributed by atoms with E-state index in [2.05, 4.69) is 19.7 Å². The topological polar surface area (TPSA) is 74.5 Å². The maximum Gasteiger partial charge on any atom is 0.411 e.